The predicted molar refractivity (Wildman–Crippen MR) is 64.5 cm³/mol. The molecule has 0 bridgehead atoms. The van der Waals surface area contributed by atoms with Crippen molar-refractivity contribution in [3.05, 3.63) is 35.4 Å². The second-order valence-corrected chi connectivity index (χ2v) is 4.15. The number of carbonyl (C=O) groups excluding carboxylic acids is 1. The minimum Gasteiger partial charge on any atom is -0.396 e. The molecule has 0 radical (unpaired) electrons. The number of aliphatic hydroxyl groups is 1. The SMILES string of the molecule is O=C(Cc1ccc(C(F)(F)F)cc1)NCCCCO. The maximum Gasteiger partial charge on any atom is 0.416 e. The van der Waals surface area contributed by atoms with Crippen LogP contribution in [0.2, 0.25) is 0 Å². The van der Waals surface area contributed by atoms with Crippen molar-refractivity contribution in [2.24, 2.45) is 0 Å². The number of halogens is 3. The monoisotopic (exact) mass is 275 g/mol. The van der Waals surface area contributed by atoms with E-state index in [1.165, 1.54) is 12.1 Å². The number of aliphatic hydroxyl groups excluding tert-OH is 1. The number of unbranched alkanes of at least 4 members (excludes halogenated alkanes) is 1. The molecule has 2 N–H and O–H groups in total. The van der Waals surface area contributed by atoms with Gasteiger partial charge >= 0.3 is 6.18 Å². The molecular formula is C13H16F3NO2. The zero-order valence-electron chi connectivity index (χ0n) is 10.3. The van der Waals surface area contributed by atoms with E-state index < -0.39 is 11.7 Å². The summed E-state index contributed by atoms with van der Waals surface area (Å²) < 4.78 is 37.0. The van der Waals surface area contributed by atoms with Gasteiger partial charge in [0.1, 0.15) is 0 Å². The number of benzene rings is 1. The lowest BCUT2D eigenvalue weighted by atomic mass is 10.1. The van der Waals surface area contributed by atoms with E-state index in [0.29, 0.717) is 24.9 Å². The summed E-state index contributed by atoms with van der Waals surface area (Å²) in [5.74, 6) is -0.238. The molecule has 0 fully saturated rings. The Kier molecular flexibility index (Phi) is 5.82. The first-order valence-corrected chi connectivity index (χ1v) is 5.97. The van der Waals surface area contributed by atoms with Gasteiger partial charge < -0.3 is 10.4 Å². The van der Waals surface area contributed by atoms with Gasteiger partial charge in [0.15, 0.2) is 0 Å². The molecule has 1 amide bonds. The highest BCUT2D eigenvalue weighted by molar-refractivity contribution is 5.78. The summed E-state index contributed by atoms with van der Waals surface area (Å²) in [6.07, 6.45) is -3.02. The van der Waals surface area contributed by atoms with Crippen LogP contribution in [0.1, 0.15) is 24.0 Å². The zero-order chi connectivity index (χ0) is 14.3. The highest BCUT2D eigenvalue weighted by Crippen LogP contribution is 2.29. The average molecular weight is 275 g/mol. The largest absolute Gasteiger partial charge is 0.416 e. The molecule has 106 valence electrons. The van der Waals surface area contributed by atoms with Gasteiger partial charge in [-0.15, -0.1) is 0 Å². The Morgan fingerprint density at radius 2 is 1.79 bits per heavy atom. The number of alkyl halides is 3. The number of hydrogen-bond donors (Lipinski definition) is 2. The molecule has 0 spiro atoms. The summed E-state index contributed by atoms with van der Waals surface area (Å²) in [4.78, 5) is 11.5. The predicted octanol–water partition coefficient (Wildman–Crippen LogP) is 2.14. The Balaban J connectivity index is 2.43. The van der Waals surface area contributed by atoms with E-state index in [1.54, 1.807) is 0 Å². The van der Waals surface area contributed by atoms with E-state index in [1.807, 2.05) is 0 Å². The number of rotatable bonds is 6. The third-order valence-corrected chi connectivity index (χ3v) is 2.55. The van der Waals surface area contributed by atoms with Crippen LogP contribution >= 0.6 is 0 Å². The Morgan fingerprint density at radius 1 is 1.16 bits per heavy atom. The molecule has 0 aliphatic rings. The van der Waals surface area contributed by atoms with Gasteiger partial charge in [0.05, 0.1) is 12.0 Å². The second-order valence-electron chi connectivity index (χ2n) is 4.15. The van der Waals surface area contributed by atoms with Gasteiger partial charge in [-0.1, -0.05) is 12.1 Å². The maximum absolute atomic E-state index is 12.3. The summed E-state index contributed by atoms with van der Waals surface area (Å²) >= 11 is 0. The highest BCUT2D eigenvalue weighted by Gasteiger charge is 2.29. The number of amides is 1. The lowest BCUT2D eigenvalue weighted by Gasteiger charge is -2.08. The number of carbonyl (C=O) groups is 1. The van der Waals surface area contributed by atoms with Crippen LogP contribution in [0.15, 0.2) is 24.3 Å². The topological polar surface area (TPSA) is 49.3 Å². The van der Waals surface area contributed by atoms with Crippen molar-refractivity contribution >= 4 is 5.91 Å². The van der Waals surface area contributed by atoms with E-state index in [-0.39, 0.29) is 18.9 Å². The fraction of sp³-hybridized carbons (Fsp3) is 0.462. The molecule has 0 heterocycles. The molecule has 0 saturated carbocycles. The van der Waals surface area contributed by atoms with Crippen molar-refractivity contribution < 1.29 is 23.1 Å². The third-order valence-electron chi connectivity index (χ3n) is 2.55. The minimum atomic E-state index is -4.36. The first-order valence-electron chi connectivity index (χ1n) is 5.97. The number of nitrogens with one attached hydrogen (secondary N) is 1. The lowest BCUT2D eigenvalue weighted by Crippen LogP contribution is -2.26. The van der Waals surface area contributed by atoms with Crippen LogP contribution in [-0.2, 0) is 17.4 Å². The summed E-state index contributed by atoms with van der Waals surface area (Å²) in [6, 6.07) is 4.54. The Morgan fingerprint density at radius 3 is 2.32 bits per heavy atom. The van der Waals surface area contributed by atoms with Crippen LogP contribution in [0, 0.1) is 0 Å². The standard InChI is InChI=1S/C13H16F3NO2/c14-13(15,16)11-5-3-10(4-6-11)9-12(19)17-7-1-2-8-18/h3-6,18H,1-2,7-9H2,(H,17,19). The van der Waals surface area contributed by atoms with Crippen molar-refractivity contribution in [2.45, 2.75) is 25.4 Å². The van der Waals surface area contributed by atoms with Crippen molar-refractivity contribution in [1.29, 1.82) is 0 Å². The van der Waals surface area contributed by atoms with Gasteiger partial charge in [-0.25, -0.2) is 0 Å². The van der Waals surface area contributed by atoms with Crippen molar-refractivity contribution in [3.63, 3.8) is 0 Å². The van der Waals surface area contributed by atoms with Gasteiger partial charge in [0.25, 0.3) is 0 Å². The first-order chi connectivity index (χ1) is 8.93. The van der Waals surface area contributed by atoms with Gasteiger partial charge in [0, 0.05) is 13.2 Å². The third kappa shape index (κ3) is 5.74. The van der Waals surface area contributed by atoms with E-state index in [2.05, 4.69) is 5.32 Å². The van der Waals surface area contributed by atoms with E-state index in [9.17, 15) is 18.0 Å². The van der Waals surface area contributed by atoms with E-state index >= 15 is 0 Å². The molecule has 0 aliphatic heterocycles. The lowest BCUT2D eigenvalue weighted by molar-refractivity contribution is -0.137. The van der Waals surface area contributed by atoms with Gasteiger partial charge in [-0.3, -0.25) is 4.79 Å². The molecule has 0 atom stereocenters. The first kappa shape index (κ1) is 15.5. The normalized spacial score (nSPS) is 11.4. The van der Waals surface area contributed by atoms with Gasteiger partial charge in [0.2, 0.25) is 5.91 Å². The Bertz CT molecular complexity index is 401. The van der Waals surface area contributed by atoms with Crippen LogP contribution in [0.3, 0.4) is 0 Å². The molecular weight excluding hydrogens is 259 g/mol. The van der Waals surface area contributed by atoms with Crippen LogP contribution in [0.4, 0.5) is 13.2 Å². The average Bonchev–Trinajstić information content (AvgIpc) is 2.34. The summed E-state index contributed by atoms with van der Waals surface area (Å²) in [5.41, 5.74) is -0.188. The van der Waals surface area contributed by atoms with Crippen molar-refractivity contribution in [2.75, 3.05) is 13.2 Å². The fourth-order valence-corrected chi connectivity index (χ4v) is 1.52. The summed E-state index contributed by atoms with van der Waals surface area (Å²) in [5, 5.41) is 11.2. The van der Waals surface area contributed by atoms with Crippen molar-refractivity contribution in [1.82, 2.24) is 5.32 Å². The smallest absolute Gasteiger partial charge is 0.396 e. The van der Waals surface area contributed by atoms with Crippen LogP contribution in [0.5, 0.6) is 0 Å². The van der Waals surface area contributed by atoms with Crippen LogP contribution in [0.25, 0.3) is 0 Å². The van der Waals surface area contributed by atoms with Crippen LogP contribution in [-0.4, -0.2) is 24.2 Å². The Labute approximate surface area is 109 Å². The maximum atomic E-state index is 12.3. The van der Waals surface area contributed by atoms with Crippen LogP contribution < -0.4 is 5.32 Å². The quantitative estimate of drug-likeness (QED) is 0.781. The molecule has 19 heavy (non-hydrogen) atoms. The van der Waals surface area contributed by atoms with Gasteiger partial charge in [-0.05, 0) is 30.5 Å². The molecule has 1 aromatic carbocycles. The van der Waals surface area contributed by atoms with Gasteiger partial charge in [-0.2, -0.15) is 13.2 Å². The van der Waals surface area contributed by atoms with E-state index in [0.717, 1.165) is 12.1 Å². The molecule has 6 heteroatoms. The second kappa shape index (κ2) is 7.13. The molecule has 3 nitrogen and oxygen atoms in total. The zero-order valence-corrected chi connectivity index (χ0v) is 10.3. The number of hydrogen-bond acceptors (Lipinski definition) is 2. The molecule has 1 rings (SSSR count). The summed E-state index contributed by atoms with van der Waals surface area (Å²) in [6.45, 7) is 0.537. The fourth-order valence-electron chi connectivity index (χ4n) is 1.52. The Hall–Kier alpha value is -1.56. The molecule has 0 saturated heterocycles. The highest BCUT2D eigenvalue weighted by atomic mass is 19.4. The molecule has 0 aromatic heterocycles. The molecule has 0 aliphatic carbocycles. The van der Waals surface area contributed by atoms with E-state index in [4.69, 9.17) is 5.11 Å². The minimum absolute atomic E-state index is 0.0528. The van der Waals surface area contributed by atoms with Crippen molar-refractivity contribution in [3.8, 4) is 0 Å². The molecule has 0 unspecified atom stereocenters. The molecule has 1 aromatic rings. The summed E-state index contributed by atoms with van der Waals surface area (Å²) in [7, 11) is 0.